The summed E-state index contributed by atoms with van der Waals surface area (Å²) >= 11 is 0. The second-order valence-electron chi connectivity index (χ2n) is 9.37. The molecule has 1 aliphatic carbocycles. The van der Waals surface area contributed by atoms with Crippen molar-refractivity contribution in [2.75, 3.05) is 31.6 Å². The molecule has 7 heteroatoms. The number of hydrogen-bond donors (Lipinski definition) is 1. The van der Waals surface area contributed by atoms with Crippen LogP contribution in [0.3, 0.4) is 0 Å². The molecule has 0 saturated carbocycles. The Morgan fingerprint density at radius 3 is 2.73 bits per heavy atom. The largest absolute Gasteiger partial charge is 0.368 e. The van der Waals surface area contributed by atoms with Gasteiger partial charge in [0.15, 0.2) is 5.71 Å². The Hall–Kier alpha value is -2.82. The van der Waals surface area contributed by atoms with E-state index in [-0.39, 0.29) is 11.7 Å². The summed E-state index contributed by atoms with van der Waals surface area (Å²) in [4.78, 5) is 27.7. The minimum Gasteiger partial charge on any atom is -0.368 e. The summed E-state index contributed by atoms with van der Waals surface area (Å²) in [6.07, 6.45) is 11.1. The van der Waals surface area contributed by atoms with Gasteiger partial charge in [-0.1, -0.05) is 18.7 Å². The number of anilines is 1. The van der Waals surface area contributed by atoms with Crippen LogP contribution in [-0.2, 0) is 15.1 Å². The van der Waals surface area contributed by atoms with E-state index in [1.54, 1.807) is 6.08 Å². The van der Waals surface area contributed by atoms with Gasteiger partial charge in [-0.25, -0.2) is 4.98 Å². The van der Waals surface area contributed by atoms with Crippen LogP contribution in [0, 0.1) is 6.57 Å². The van der Waals surface area contributed by atoms with E-state index >= 15 is 0 Å². The van der Waals surface area contributed by atoms with E-state index in [2.05, 4.69) is 40.0 Å². The third kappa shape index (κ3) is 5.76. The highest BCUT2D eigenvalue weighted by Gasteiger charge is 2.27. The highest BCUT2D eigenvalue weighted by molar-refractivity contribution is 6.44. The molecule has 1 aromatic heterocycles. The van der Waals surface area contributed by atoms with Gasteiger partial charge in [0.2, 0.25) is 0 Å². The zero-order valence-electron chi connectivity index (χ0n) is 19.7. The molecule has 0 atom stereocenters. The number of aliphatic imine (C=N–C) groups is 1. The van der Waals surface area contributed by atoms with Gasteiger partial charge in [-0.2, -0.15) is 0 Å². The Bertz CT molecular complexity index is 1030. The summed E-state index contributed by atoms with van der Waals surface area (Å²) in [7, 11) is 0. The van der Waals surface area contributed by atoms with E-state index in [1.807, 2.05) is 12.1 Å². The first-order valence-electron chi connectivity index (χ1n) is 12.0. The molecular formula is C26H33N5O2. The Labute approximate surface area is 196 Å². The van der Waals surface area contributed by atoms with E-state index in [4.69, 9.17) is 16.3 Å². The van der Waals surface area contributed by atoms with Crippen LogP contribution >= 0.6 is 0 Å². The van der Waals surface area contributed by atoms with Crippen LogP contribution in [0.15, 0.2) is 35.1 Å². The minimum absolute atomic E-state index is 0.275. The maximum absolute atomic E-state index is 12.8. The predicted molar refractivity (Wildman–Crippen MR) is 131 cm³/mol. The fourth-order valence-corrected chi connectivity index (χ4v) is 4.53. The molecule has 1 saturated heterocycles. The van der Waals surface area contributed by atoms with Gasteiger partial charge in [-0.05, 0) is 83.2 Å². The van der Waals surface area contributed by atoms with Crippen molar-refractivity contribution in [2.24, 2.45) is 4.99 Å². The number of allylic oxidation sites excluding steroid dienone is 3. The van der Waals surface area contributed by atoms with E-state index in [1.165, 1.54) is 24.8 Å². The Kier molecular flexibility index (Phi) is 7.36. The Morgan fingerprint density at radius 1 is 1.21 bits per heavy atom. The molecule has 1 amide bonds. The van der Waals surface area contributed by atoms with Crippen LogP contribution in [0.25, 0.3) is 10.4 Å². The first kappa shape index (κ1) is 23.3. The summed E-state index contributed by atoms with van der Waals surface area (Å²) in [6.45, 7) is 15.1. The summed E-state index contributed by atoms with van der Waals surface area (Å²) in [5.41, 5.74) is 3.35. The maximum Gasteiger partial charge on any atom is 0.294 e. The average molecular weight is 448 g/mol. The molecule has 0 aromatic carbocycles. The fourth-order valence-electron chi connectivity index (χ4n) is 4.53. The predicted octanol–water partition coefficient (Wildman–Crippen LogP) is 4.93. The van der Waals surface area contributed by atoms with Crippen LogP contribution in [0.1, 0.15) is 70.2 Å². The molecule has 0 spiro atoms. The molecule has 7 nitrogen and oxygen atoms in total. The molecule has 2 aliphatic heterocycles. The van der Waals surface area contributed by atoms with Gasteiger partial charge in [0.05, 0.1) is 23.7 Å². The highest BCUT2D eigenvalue weighted by Crippen LogP contribution is 2.33. The summed E-state index contributed by atoms with van der Waals surface area (Å²) in [5, 5.41) is 3.00. The van der Waals surface area contributed by atoms with Crippen molar-refractivity contribution in [2.45, 2.75) is 64.4 Å². The van der Waals surface area contributed by atoms with Crippen molar-refractivity contribution in [3.8, 4) is 0 Å². The first-order valence-corrected chi connectivity index (χ1v) is 12.0. The number of rotatable bonds is 8. The number of nitrogens with one attached hydrogen (secondary N) is 1. The number of pyridine rings is 1. The van der Waals surface area contributed by atoms with Crippen molar-refractivity contribution in [1.82, 2.24) is 9.88 Å². The summed E-state index contributed by atoms with van der Waals surface area (Å²) in [5.74, 6) is -0.00473. The number of amides is 1. The van der Waals surface area contributed by atoms with Crippen LogP contribution in [0.2, 0.25) is 0 Å². The van der Waals surface area contributed by atoms with Crippen LogP contribution in [0.5, 0.6) is 0 Å². The Balaban J connectivity index is 1.53. The number of ether oxygens (including phenoxy) is 1. The molecular weight excluding hydrogens is 414 g/mol. The van der Waals surface area contributed by atoms with Crippen LogP contribution in [-0.4, -0.2) is 47.7 Å². The molecule has 4 rings (SSSR count). The van der Waals surface area contributed by atoms with Gasteiger partial charge < -0.3 is 19.8 Å². The van der Waals surface area contributed by atoms with Gasteiger partial charge >= 0.3 is 0 Å². The fraction of sp³-hybridized carbons (Fsp3) is 0.538. The molecule has 3 aliphatic rings. The second kappa shape index (κ2) is 10.4. The zero-order valence-corrected chi connectivity index (χ0v) is 19.7. The molecule has 33 heavy (non-hydrogen) atoms. The number of aromatic nitrogens is 1. The number of hydrogen-bond acceptors (Lipinski definition) is 5. The third-order valence-electron chi connectivity index (χ3n) is 6.53. The van der Waals surface area contributed by atoms with Crippen molar-refractivity contribution in [3.63, 3.8) is 0 Å². The molecule has 0 radical (unpaired) electrons. The lowest BCUT2D eigenvalue weighted by Crippen LogP contribution is -2.30. The number of likely N-dealkylation sites (tertiary alicyclic amines) is 1. The first-order chi connectivity index (χ1) is 16.0. The molecule has 1 aromatic rings. The van der Waals surface area contributed by atoms with Crippen molar-refractivity contribution in [3.05, 3.63) is 52.9 Å². The van der Waals surface area contributed by atoms with Gasteiger partial charge in [0, 0.05) is 13.0 Å². The third-order valence-corrected chi connectivity index (χ3v) is 6.53. The molecule has 1 fully saturated rings. The number of nitrogens with zero attached hydrogens (tertiary/aromatic N) is 4. The smallest absolute Gasteiger partial charge is 0.294 e. The van der Waals surface area contributed by atoms with E-state index < -0.39 is 5.60 Å². The van der Waals surface area contributed by atoms with Gasteiger partial charge in [-0.15, -0.1) is 4.99 Å². The lowest BCUT2D eigenvalue weighted by molar-refractivity contribution is -0.110. The monoisotopic (exact) mass is 447 g/mol. The Morgan fingerprint density at radius 2 is 2.03 bits per heavy atom. The number of carbonyl (C=O) groups excluding carboxylic acids is 1. The summed E-state index contributed by atoms with van der Waals surface area (Å²) < 4.78 is 6.28. The molecule has 1 N–H and O–H groups in total. The lowest BCUT2D eigenvalue weighted by atomic mass is 9.94. The van der Waals surface area contributed by atoms with E-state index in [0.29, 0.717) is 24.4 Å². The van der Waals surface area contributed by atoms with Gasteiger partial charge in [0.1, 0.15) is 5.60 Å². The van der Waals surface area contributed by atoms with E-state index in [9.17, 15) is 4.79 Å². The normalized spacial score (nSPS) is 19.0. The molecule has 174 valence electrons. The molecule has 0 unspecified atom stereocenters. The van der Waals surface area contributed by atoms with Crippen molar-refractivity contribution >= 4 is 22.9 Å². The topological polar surface area (TPSA) is 71.2 Å². The molecule has 0 bridgehead atoms. The van der Waals surface area contributed by atoms with Crippen LogP contribution in [0.4, 0.5) is 5.69 Å². The lowest BCUT2D eigenvalue weighted by Gasteiger charge is -2.28. The quantitative estimate of drug-likeness (QED) is 0.574. The molecule has 3 heterocycles. The van der Waals surface area contributed by atoms with Gasteiger partial charge in [-0.3, -0.25) is 4.79 Å². The zero-order chi connectivity index (χ0) is 23.3. The van der Waals surface area contributed by atoms with Gasteiger partial charge in [0.25, 0.3) is 11.7 Å². The second-order valence-corrected chi connectivity index (χ2v) is 9.37. The van der Waals surface area contributed by atoms with Crippen molar-refractivity contribution < 1.29 is 9.53 Å². The SMILES string of the molecule is [C-]#[N+]C1=CCC(C(=O)Nc2ccc(C(C)(C)OCCN3CCCC3)nc2C2=CCCCC2)=N1. The maximum atomic E-state index is 12.8. The van der Waals surface area contributed by atoms with E-state index in [0.717, 1.165) is 50.3 Å². The average Bonchev–Trinajstić information content (AvgIpc) is 3.52. The van der Waals surface area contributed by atoms with Crippen LogP contribution < -0.4 is 5.32 Å². The standard InChI is InChI=1S/C26H33N5O2/c1-26(2,33-18-17-31-15-7-8-16-31)22-13-11-20(24(30-22)19-9-5-4-6-10-19)29-25(32)21-12-14-23(27-3)28-21/h9,11,13-14H,4-8,10,12,15-18H2,1-2H3,(H,29,32). The highest BCUT2D eigenvalue weighted by atomic mass is 16.5. The minimum atomic E-state index is -0.532. The van der Waals surface area contributed by atoms with Crippen molar-refractivity contribution in [1.29, 1.82) is 0 Å². The summed E-state index contributed by atoms with van der Waals surface area (Å²) in [6, 6.07) is 3.87. The number of carbonyl (C=O) groups is 1.